The second kappa shape index (κ2) is 8.11. The number of halogens is 1. The van der Waals surface area contributed by atoms with Crippen LogP contribution in [0.15, 0.2) is 83.8 Å². The summed E-state index contributed by atoms with van der Waals surface area (Å²) in [4.78, 5) is 12.2. The number of nitrogens with one attached hydrogen (secondary N) is 2. The van der Waals surface area contributed by atoms with E-state index in [1.165, 1.54) is 42.5 Å². The lowest BCUT2D eigenvalue weighted by atomic mass is 10.2. The molecule has 3 aromatic carbocycles. The number of amides is 1. The third-order valence-electron chi connectivity index (χ3n) is 3.87. The molecule has 0 heterocycles. The van der Waals surface area contributed by atoms with Gasteiger partial charge in [-0.05, 0) is 42.5 Å². The summed E-state index contributed by atoms with van der Waals surface area (Å²) in [5, 5.41) is 2.72. The molecule has 0 radical (unpaired) electrons. The monoisotopic (exact) mass is 384 g/mol. The Morgan fingerprint density at radius 2 is 1.48 bits per heavy atom. The molecule has 2 N–H and O–H groups in total. The van der Waals surface area contributed by atoms with Crippen molar-refractivity contribution < 1.29 is 17.6 Å². The van der Waals surface area contributed by atoms with Gasteiger partial charge in [0.1, 0.15) is 5.82 Å². The zero-order valence-electron chi connectivity index (χ0n) is 14.2. The van der Waals surface area contributed by atoms with Crippen molar-refractivity contribution in [2.45, 2.75) is 11.4 Å². The van der Waals surface area contributed by atoms with Crippen molar-refractivity contribution in [2.75, 3.05) is 5.32 Å². The van der Waals surface area contributed by atoms with Crippen molar-refractivity contribution >= 4 is 21.6 Å². The predicted octanol–water partition coefficient (Wildman–Crippen LogP) is 3.56. The van der Waals surface area contributed by atoms with Gasteiger partial charge in [0.15, 0.2) is 0 Å². The van der Waals surface area contributed by atoms with Crippen molar-refractivity contribution in [3.8, 4) is 0 Å². The van der Waals surface area contributed by atoms with Crippen molar-refractivity contribution in [3.63, 3.8) is 0 Å². The Morgan fingerprint density at radius 3 is 2.15 bits per heavy atom. The fraction of sp³-hybridized carbons (Fsp3) is 0.0500. The van der Waals surface area contributed by atoms with Crippen molar-refractivity contribution in [1.29, 1.82) is 0 Å². The Balaban J connectivity index is 1.68. The third-order valence-corrected chi connectivity index (χ3v) is 5.29. The number of carbonyl (C=O) groups is 1. The fourth-order valence-electron chi connectivity index (χ4n) is 2.41. The van der Waals surface area contributed by atoms with Crippen molar-refractivity contribution in [1.82, 2.24) is 4.72 Å². The van der Waals surface area contributed by atoms with E-state index in [1.807, 2.05) is 6.07 Å². The van der Waals surface area contributed by atoms with Gasteiger partial charge in [-0.15, -0.1) is 0 Å². The summed E-state index contributed by atoms with van der Waals surface area (Å²) < 4.78 is 40.7. The molecule has 0 unspecified atom stereocenters. The molecule has 0 spiro atoms. The van der Waals surface area contributed by atoms with E-state index < -0.39 is 15.8 Å². The first-order chi connectivity index (χ1) is 13.0. The average molecular weight is 384 g/mol. The highest BCUT2D eigenvalue weighted by Gasteiger charge is 2.15. The van der Waals surface area contributed by atoms with Crippen LogP contribution in [0.2, 0.25) is 0 Å². The Morgan fingerprint density at radius 1 is 0.852 bits per heavy atom. The molecule has 0 atom stereocenters. The molecule has 27 heavy (non-hydrogen) atoms. The van der Waals surface area contributed by atoms with E-state index in [-0.39, 0.29) is 22.9 Å². The predicted molar refractivity (Wildman–Crippen MR) is 101 cm³/mol. The summed E-state index contributed by atoms with van der Waals surface area (Å²) in [5.74, 6) is -0.822. The van der Waals surface area contributed by atoms with E-state index in [1.54, 1.807) is 30.3 Å². The molecular formula is C20H17FN2O3S. The van der Waals surface area contributed by atoms with Crippen molar-refractivity contribution in [3.05, 3.63) is 95.8 Å². The molecule has 0 bridgehead atoms. The summed E-state index contributed by atoms with van der Waals surface area (Å²) >= 11 is 0. The van der Waals surface area contributed by atoms with Crippen LogP contribution in [0.1, 0.15) is 15.9 Å². The van der Waals surface area contributed by atoms with Gasteiger partial charge < -0.3 is 5.32 Å². The van der Waals surface area contributed by atoms with Crippen LogP contribution in [0.3, 0.4) is 0 Å². The van der Waals surface area contributed by atoms with Crippen LogP contribution >= 0.6 is 0 Å². The van der Waals surface area contributed by atoms with Gasteiger partial charge in [-0.1, -0.05) is 36.4 Å². The summed E-state index contributed by atoms with van der Waals surface area (Å²) in [7, 11) is -3.82. The Bertz CT molecular complexity index is 1040. The first-order valence-corrected chi connectivity index (χ1v) is 9.63. The largest absolute Gasteiger partial charge is 0.322 e. The van der Waals surface area contributed by atoms with Gasteiger partial charge in [0, 0.05) is 23.4 Å². The van der Waals surface area contributed by atoms with E-state index in [4.69, 9.17) is 0 Å². The second-order valence-corrected chi connectivity index (χ2v) is 7.53. The quantitative estimate of drug-likeness (QED) is 0.682. The number of para-hydroxylation sites is 1. The highest BCUT2D eigenvalue weighted by atomic mass is 32.2. The minimum atomic E-state index is -3.82. The van der Waals surface area contributed by atoms with Crippen LogP contribution < -0.4 is 10.0 Å². The molecule has 0 fully saturated rings. The maximum absolute atomic E-state index is 13.6. The molecule has 0 aromatic heterocycles. The number of anilines is 1. The van der Waals surface area contributed by atoms with Gasteiger partial charge >= 0.3 is 0 Å². The van der Waals surface area contributed by atoms with E-state index in [0.717, 1.165) is 0 Å². The van der Waals surface area contributed by atoms with Gasteiger partial charge in [0.25, 0.3) is 5.91 Å². The maximum Gasteiger partial charge on any atom is 0.255 e. The van der Waals surface area contributed by atoms with Crippen molar-refractivity contribution in [2.24, 2.45) is 0 Å². The minimum Gasteiger partial charge on any atom is -0.322 e. The Kier molecular flexibility index (Phi) is 5.63. The van der Waals surface area contributed by atoms with E-state index >= 15 is 0 Å². The van der Waals surface area contributed by atoms with Gasteiger partial charge in [-0.25, -0.2) is 17.5 Å². The fourth-order valence-corrected chi connectivity index (χ4v) is 3.41. The number of carbonyl (C=O) groups excluding carboxylic acids is 1. The molecule has 3 aromatic rings. The Hall–Kier alpha value is -3.03. The first kappa shape index (κ1) is 18.8. The van der Waals surface area contributed by atoms with Crippen LogP contribution in [0, 0.1) is 5.82 Å². The highest BCUT2D eigenvalue weighted by molar-refractivity contribution is 7.89. The molecular weight excluding hydrogens is 367 g/mol. The number of sulfonamides is 1. The maximum atomic E-state index is 13.6. The number of rotatable bonds is 6. The summed E-state index contributed by atoms with van der Waals surface area (Å²) in [6.07, 6.45) is 0. The van der Waals surface area contributed by atoms with Crippen LogP contribution in [0.25, 0.3) is 0 Å². The molecule has 7 heteroatoms. The number of benzene rings is 3. The number of hydrogen-bond acceptors (Lipinski definition) is 3. The first-order valence-electron chi connectivity index (χ1n) is 8.15. The van der Waals surface area contributed by atoms with Gasteiger partial charge in [0.2, 0.25) is 10.0 Å². The SMILES string of the molecule is O=C(Nc1ccccc1)c1ccc(S(=O)(=O)NCc2ccccc2F)cc1. The summed E-state index contributed by atoms with van der Waals surface area (Å²) in [5.41, 5.74) is 1.22. The lowest BCUT2D eigenvalue weighted by Gasteiger charge is -2.09. The van der Waals surface area contributed by atoms with Crippen LogP contribution in [0.5, 0.6) is 0 Å². The van der Waals surface area contributed by atoms with E-state index in [9.17, 15) is 17.6 Å². The van der Waals surface area contributed by atoms with E-state index in [2.05, 4.69) is 10.0 Å². The van der Waals surface area contributed by atoms with Gasteiger partial charge in [0.05, 0.1) is 4.90 Å². The standard InChI is InChI=1S/C20H17FN2O3S/c21-19-9-5-4-6-16(19)14-22-27(25,26)18-12-10-15(11-13-18)20(24)23-17-7-2-1-3-8-17/h1-13,22H,14H2,(H,23,24). The topological polar surface area (TPSA) is 75.3 Å². The number of hydrogen-bond donors (Lipinski definition) is 2. The molecule has 3 rings (SSSR count). The summed E-state index contributed by atoms with van der Waals surface area (Å²) in [6, 6.07) is 20.4. The summed E-state index contributed by atoms with van der Waals surface area (Å²) in [6.45, 7) is -0.161. The smallest absolute Gasteiger partial charge is 0.255 e. The molecule has 0 aliphatic rings. The lowest BCUT2D eigenvalue weighted by Crippen LogP contribution is -2.24. The average Bonchev–Trinajstić information content (AvgIpc) is 2.68. The zero-order chi connectivity index (χ0) is 19.3. The van der Waals surface area contributed by atoms with Crippen LogP contribution in [-0.2, 0) is 16.6 Å². The van der Waals surface area contributed by atoms with E-state index in [0.29, 0.717) is 11.3 Å². The molecule has 0 saturated heterocycles. The van der Waals surface area contributed by atoms with Crippen LogP contribution in [-0.4, -0.2) is 14.3 Å². The molecule has 1 amide bonds. The highest BCUT2D eigenvalue weighted by Crippen LogP contribution is 2.14. The molecule has 0 aliphatic carbocycles. The third kappa shape index (κ3) is 4.78. The molecule has 0 saturated carbocycles. The second-order valence-electron chi connectivity index (χ2n) is 5.76. The molecule has 5 nitrogen and oxygen atoms in total. The van der Waals surface area contributed by atoms with Crippen LogP contribution in [0.4, 0.5) is 10.1 Å². The lowest BCUT2D eigenvalue weighted by molar-refractivity contribution is 0.102. The van der Waals surface area contributed by atoms with Gasteiger partial charge in [-0.2, -0.15) is 0 Å². The molecule has 0 aliphatic heterocycles. The molecule has 138 valence electrons. The Labute approximate surface area is 156 Å². The van der Waals surface area contributed by atoms with Gasteiger partial charge in [-0.3, -0.25) is 4.79 Å². The zero-order valence-corrected chi connectivity index (χ0v) is 15.0. The minimum absolute atomic E-state index is 0.00454. The normalized spacial score (nSPS) is 11.1.